The second-order valence-corrected chi connectivity index (χ2v) is 4.51. The van der Waals surface area contributed by atoms with Crippen LogP contribution in [0.5, 0.6) is 0 Å². The molecule has 1 unspecified atom stereocenters. The fourth-order valence-corrected chi connectivity index (χ4v) is 2.32. The highest BCUT2D eigenvalue weighted by atomic mass is 16.6. The lowest BCUT2D eigenvalue weighted by atomic mass is 9.97. The number of fused-ring (bicyclic) bond motifs is 1. The molecule has 0 aliphatic carbocycles. The van der Waals surface area contributed by atoms with Gasteiger partial charge in [0.05, 0.1) is 12.3 Å². The Kier molecular flexibility index (Phi) is 2.99. The molecule has 0 spiro atoms. The van der Waals surface area contributed by atoms with Crippen molar-refractivity contribution in [3.63, 3.8) is 0 Å². The zero-order valence-corrected chi connectivity index (χ0v) is 10.0. The number of hydrogen-bond acceptors (Lipinski definition) is 3. The van der Waals surface area contributed by atoms with Gasteiger partial charge in [0.2, 0.25) is 0 Å². The summed E-state index contributed by atoms with van der Waals surface area (Å²) in [6.45, 7) is 0.0340. The number of aliphatic hydroxyl groups is 1. The van der Waals surface area contributed by atoms with Gasteiger partial charge in [0.25, 0.3) is 0 Å². The smallest absolute Gasteiger partial charge is 0.150 e. The largest absolute Gasteiger partial charge is 0.392 e. The Balaban J connectivity index is 2.02. The summed E-state index contributed by atoms with van der Waals surface area (Å²) in [7, 11) is 0. The van der Waals surface area contributed by atoms with E-state index < -0.39 is 0 Å². The van der Waals surface area contributed by atoms with E-state index in [9.17, 15) is 0 Å². The van der Waals surface area contributed by atoms with Crippen molar-refractivity contribution in [3.05, 3.63) is 48.0 Å². The fourth-order valence-electron chi connectivity index (χ4n) is 2.32. The van der Waals surface area contributed by atoms with Gasteiger partial charge < -0.3 is 9.94 Å². The number of nitrogens with zero attached hydrogens (tertiary/aromatic N) is 1. The molecule has 0 bridgehead atoms. The number of hydrogen-bond donors (Lipinski definition) is 1. The van der Waals surface area contributed by atoms with E-state index in [-0.39, 0.29) is 12.7 Å². The molecule has 2 aromatic carbocycles. The number of benzene rings is 2. The van der Waals surface area contributed by atoms with E-state index in [1.54, 1.807) is 0 Å². The lowest BCUT2D eigenvalue weighted by molar-refractivity contribution is 0.00456. The van der Waals surface area contributed by atoms with Gasteiger partial charge in [-0.3, -0.25) is 0 Å². The van der Waals surface area contributed by atoms with Crippen molar-refractivity contribution in [1.29, 1.82) is 0 Å². The molecule has 0 saturated heterocycles. The van der Waals surface area contributed by atoms with Crippen LogP contribution >= 0.6 is 0 Å². The third-order valence-corrected chi connectivity index (χ3v) is 3.32. The van der Waals surface area contributed by atoms with Crippen molar-refractivity contribution >= 4 is 16.5 Å². The first-order valence-corrected chi connectivity index (χ1v) is 6.20. The highest BCUT2D eigenvalue weighted by Gasteiger charge is 2.18. The van der Waals surface area contributed by atoms with Crippen LogP contribution in [0.15, 0.2) is 47.6 Å². The summed E-state index contributed by atoms with van der Waals surface area (Å²) in [5.74, 6) is 0. The van der Waals surface area contributed by atoms with Gasteiger partial charge in [-0.15, -0.1) is 0 Å². The predicted octanol–water partition coefficient (Wildman–Crippen LogP) is 2.72. The van der Waals surface area contributed by atoms with E-state index in [4.69, 9.17) is 9.94 Å². The average Bonchev–Trinajstić information content (AvgIpc) is 2.47. The summed E-state index contributed by atoms with van der Waals surface area (Å²) >= 11 is 0. The fraction of sp³-hybridized carbons (Fsp3) is 0.267. The molecule has 0 radical (unpaired) electrons. The molecule has 0 amide bonds. The molecule has 0 saturated carbocycles. The third-order valence-electron chi connectivity index (χ3n) is 3.32. The minimum absolute atomic E-state index is 0.0340. The maximum atomic E-state index is 9.03. The molecule has 18 heavy (non-hydrogen) atoms. The summed E-state index contributed by atoms with van der Waals surface area (Å²) in [5.41, 5.74) is 2.10. The molecular formula is C15H15NO2. The van der Waals surface area contributed by atoms with Gasteiger partial charge in [0.15, 0.2) is 6.10 Å². The van der Waals surface area contributed by atoms with Crippen LogP contribution in [-0.2, 0) is 4.84 Å². The van der Waals surface area contributed by atoms with Crippen LogP contribution in [0.3, 0.4) is 0 Å². The van der Waals surface area contributed by atoms with Crippen LogP contribution in [0, 0.1) is 0 Å². The van der Waals surface area contributed by atoms with Gasteiger partial charge in [-0.25, -0.2) is 0 Å². The minimum atomic E-state index is -0.149. The van der Waals surface area contributed by atoms with E-state index in [0.29, 0.717) is 0 Å². The molecule has 3 nitrogen and oxygen atoms in total. The highest BCUT2D eigenvalue weighted by molar-refractivity contribution is 6.10. The normalized spacial score (nSPS) is 19.4. The van der Waals surface area contributed by atoms with E-state index >= 15 is 0 Å². The first kappa shape index (κ1) is 11.2. The average molecular weight is 241 g/mol. The minimum Gasteiger partial charge on any atom is -0.392 e. The topological polar surface area (TPSA) is 41.8 Å². The first-order valence-electron chi connectivity index (χ1n) is 6.20. The van der Waals surface area contributed by atoms with Gasteiger partial charge >= 0.3 is 0 Å². The number of oxime groups is 1. The van der Waals surface area contributed by atoms with Crippen LogP contribution in [0.4, 0.5) is 0 Å². The van der Waals surface area contributed by atoms with E-state index in [2.05, 4.69) is 29.4 Å². The van der Waals surface area contributed by atoms with E-state index in [0.717, 1.165) is 24.1 Å². The molecule has 1 aliphatic rings. The van der Waals surface area contributed by atoms with Gasteiger partial charge in [-0.2, -0.15) is 0 Å². The molecule has 0 fully saturated rings. The van der Waals surface area contributed by atoms with Gasteiger partial charge in [-0.1, -0.05) is 47.6 Å². The summed E-state index contributed by atoms with van der Waals surface area (Å²) in [4.78, 5) is 5.28. The monoisotopic (exact) mass is 241 g/mol. The summed E-state index contributed by atoms with van der Waals surface area (Å²) < 4.78 is 0. The predicted molar refractivity (Wildman–Crippen MR) is 71.7 cm³/mol. The third kappa shape index (κ3) is 1.97. The molecule has 1 heterocycles. The highest BCUT2D eigenvalue weighted by Crippen LogP contribution is 2.23. The second kappa shape index (κ2) is 4.78. The first-order chi connectivity index (χ1) is 8.88. The van der Waals surface area contributed by atoms with Gasteiger partial charge in [0.1, 0.15) is 0 Å². The van der Waals surface area contributed by atoms with Crippen molar-refractivity contribution in [2.24, 2.45) is 5.16 Å². The van der Waals surface area contributed by atoms with Crippen molar-refractivity contribution in [2.75, 3.05) is 6.61 Å². The summed E-state index contributed by atoms with van der Waals surface area (Å²) in [5, 5.41) is 15.6. The molecule has 1 aliphatic heterocycles. The van der Waals surface area contributed by atoms with Crippen molar-refractivity contribution in [3.8, 4) is 0 Å². The second-order valence-electron chi connectivity index (χ2n) is 4.51. The Morgan fingerprint density at radius 3 is 2.78 bits per heavy atom. The molecule has 1 N–H and O–H groups in total. The van der Waals surface area contributed by atoms with E-state index in [1.165, 1.54) is 10.8 Å². The quantitative estimate of drug-likeness (QED) is 0.878. The molecule has 0 aromatic heterocycles. The molecular weight excluding hydrogens is 226 g/mol. The van der Waals surface area contributed by atoms with Crippen molar-refractivity contribution < 1.29 is 9.94 Å². The maximum absolute atomic E-state index is 9.03. The lowest BCUT2D eigenvalue weighted by Gasteiger charge is -2.20. The molecule has 3 heteroatoms. The Hall–Kier alpha value is -1.87. The van der Waals surface area contributed by atoms with Crippen molar-refractivity contribution in [1.82, 2.24) is 0 Å². The van der Waals surface area contributed by atoms with Gasteiger partial charge in [0, 0.05) is 5.56 Å². The Labute approximate surface area is 106 Å². The Bertz CT molecular complexity index is 587. The van der Waals surface area contributed by atoms with Crippen LogP contribution < -0.4 is 0 Å². The number of rotatable bonds is 2. The zero-order valence-electron chi connectivity index (χ0n) is 10.0. The van der Waals surface area contributed by atoms with Crippen molar-refractivity contribution in [2.45, 2.75) is 18.9 Å². The SMILES string of the molecule is OCC1CCC(c2cccc3ccccc23)=NO1. The summed E-state index contributed by atoms with van der Waals surface area (Å²) in [6.07, 6.45) is 1.52. The zero-order chi connectivity index (χ0) is 12.4. The van der Waals surface area contributed by atoms with E-state index in [1.807, 2.05) is 18.2 Å². The standard InChI is InChI=1S/C15H15NO2/c17-10-12-8-9-15(16-18-12)14-7-3-5-11-4-1-2-6-13(11)14/h1-7,12,17H,8-10H2. The number of aliphatic hydroxyl groups excluding tert-OH is 1. The Morgan fingerprint density at radius 1 is 1.17 bits per heavy atom. The van der Waals surface area contributed by atoms with Crippen LogP contribution in [0.2, 0.25) is 0 Å². The Morgan fingerprint density at radius 2 is 2.00 bits per heavy atom. The van der Waals surface area contributed by atoms with Crippen LogP contribution in [0.25, 0.3) is 10.8 Å². The summed E-state index contributed by atoms with van der Waals surface area (Å²) in [6, 6.07) is 14.5. The van der Waals surface area contributed by atoms with Crippen LogP contribution in [0.1, 0.15) is 18.4 Å². The molecule has 92 valence electrons. The maximum Gasteiger partial charge on any atom is 0.150 e. The van der Waals surface area contributed by atoms with Gasteiger partial charge in [-0.05, 0) is 23.6 Å². The van der Waals surface area contributed by atoms with Crippen LogP contribution in [-0.4, -0.2) is 23.5 Å². The molecule has 2 aromatic rings. The molecule has 3 rings (SSSR count). The lowest BCUT2D eigenvalue weighted by Crippen LogP contribution is -2.22. The molecule has 1 atom stereocenters.